The van der Waals surface area contributed by atoms with E-state index in [1.807, 2.05) is 13.1 Å². The first-order valence-corrected chi connectivity index (χ1v) is 6.49. The van der Waals surface area contributed by atoms with Gasteiger partial charge in [0.05, 0.1) is 5.69 Å². The molecule has 0 radical (unpaired) electrons. The van der Waals surface area contributed by atoms with Crippen LogP contribution in [0.25, 0.3) is 0 Å². The standard InChI is InChI=1S/C14H20N2O/c1-9-5-10(2)13(15-8-9)14(17)6-11-3-4-12(7-14)16-11/h5,8,11-12,16-17H,3-4,6-7H2,1-2H3. The Morgan fingerprint density at radius 3 is 2.53 bits per heavy atom. The molecule has 3 heteroatoms. The highest BCUT2D eigenvalue weighted by atomic mass is 16.3. The van der Waals surface area contributed by atoms with E-state index in [1.165, 1.54) is 12.8 Å². The van der Waals surface area contributed by atoms with E-state index < -0.39 is 5.60 Å². The molecule has 0 saturated carbocycles. The molecule has 2 saturated heterocycles. The van der Waals surface area contributed by atoms with E-state index in [0.29, 0.717) is 12.1 Å². The lowest BCUT2D eigenvalue weighted by molar-refractivity contribution is -0.0158. The number of nitrogens with one attached hydrogen (secondary N) is 1. The number of rotatable bonds is 1. The van der Waals surface area contributed by atoms with Crippen LogP contribution in [0.3, 0.4) is 0 Å². The minimum Gasteiger partial charge on any atom is -0.383 e. The molecule has 0 aromatic carbocycles. The highest BCUT2D eigenvalue weighted by Crippen LogP contribution is 2.40. The monoisotopic (exact) mass is 232 g/mol. The van der Waals surface area contributed by atoms with Crippen LogP contribution in [0.1, 0.15) is 42.5 Å². The van der Waals surface area contributed by atoms with Crippen LogP contribution >= 0.6 is 0 Å². The first kappa shape index (κ1) is 11.2. The summed E-state index contributed by atoms with van der Waals surface area (Å²) in [6.07, 6.45) is 5.86. The minimum absolute atomic E-state index is 0.473. The molecule has 3 nitrogen and oxygen atoms in total. The number of hydrogen-bond acceptors (Lipinski definition) is 3. The molecule has 2 fully saturated rings. The molecule has 17 heavy (non-hydrogen) atoms. The average molecular weight is 232 g/mol. The van der Waals surface area contributed by atoms with Crippen molar-refractivity contribution in [3.8, 4) is 0 Å². The third-order valence-electron chi connectivity index (χ3n) is 4.16. The van der Waals surface area contributed by atoms with Crippen LogP contribution in [-0.2, 0) is 5.60 Å². The summed E-state index contributed by atoms with van der Waals surface area (Å²) in [5.41, 5.74) is 2.46. The molecule has 2 atom stereocenters. The van der Waals surface area contributed by atoms with E-state index >= 15 is 0 Å². The fourth-order valence-corrected chi connectivity index (χ4v) is 3.52. The second kappa shape index (κ2) is 3.79. The van der Waals surface area contributed by atoms with Gasteiger partial charge in [0.2, 0.25) is 0 Å². The Morgan fingerprint density at radius 2 is 1.94 bits per heavy atom. The molecule has 0 aliphatic carbocycles. The molecule has 2 unspecified atom stereocenters. The molecule has 2 N–H and O–H groups in total. The third kappa shape index (κ3) is 1.87. The number of pyridine rings is 1. The smallest absolute Gasteiger partial charge is 0.110 e. The van der Waals surface area contributed by atoms with Crippen molar-refractivity contribution < 1.29 is 5.11 Å². The number of hydrogen-bond donors (Lipinski definition) is 2. The van der Waals surface area contributed by atoms with E-state index in [4.69, 9.17) is 0 Å². The van der Waals surface area contributed by atoms with Crippen LogP contribution in [0.2, 0.25) is 0 Å². The molecule has 1 aromatic heterocycles. The topological polar surface area (TPSA) is 45.2 Å². The van der Waals surface area contributed by atoms with Crippen molar-refractivity contribution in [1.29, 1.82) is 0 Å². The van der Waals surface area contributed by atoms with Gasteiger partial charge in [0.1, 0.15) is 5.60 Å². The van der Waals surface area contributed by atoms with Crippen LogP contribution in [0, 0.1) is 13.8 Å². The maximum Gasteiger partial charge on any atom is 0.110 e. The fraction of sp³-hybridized carbons (Fsp3) is 0.643. The van der Waals surface area contributed by atoms with Gasteiger partial charge in [-0.05, 0) is 50.7 Å². The Bertz CT molecular complexity index is 432. The summed E-state index contributed by atoms with van der Waals surface area (Å²) < 4.78 is 0. The molecule has 0 spiro atoms. The zero-order valence-electron chi connectivity index (χ0n) is 10.5. The molecule has 2 aliphatic heterocycles. The van der Waals surface area contributed by atoms with Gasteiger partial charge >= 0.3 is 0 Å². The SMILES string of the molecule is Cc1cnc(C2(O)CC3CCC(C2)N3)c(C)c1. The second-order valence-corrected chi connectivity index (χ2v) is 5.76. The van der Waals surface area contributed by atoms with Crippen molar-refractivity contribution >= 4 is 0 Å². The third-order valence-corrected chi connectivity index (χ3v) is 4.16. The van der Waals surface area contributed by atoms with E-state index in [0.717, 1.165) is 29.7 Å². The molecule has 1 aromatic rings. The van der Waals surface area contributed by atoms with E-state index in [9.17, 15) is 5.11 Å². The number of aliphatic hydroxyl groups is 1. The number of nitrogens with zero attached hydrogens (tertiary/aromatic N) is 1. The van der Waals surface area contributed by atoms with Gasteiger partial charge in [0, 0.05) is 18.3 Å². The van der Waals surface area contributed by atoms with Gasteiger partial charge in [-0.1, -0.05) is 6.07 Å². The number of fused-ring (bicyclic) bond motifs is 2. The summed E-state index contributed by atoms with van der Waals surface area (Å²) >= 11 is 0. The number of aromatic nitrogens is 1. The molecule has 2 bridgehead atoms. The highest BCUT2D eigenvalue weighted by Gasteiger charge is 2.44. The van der Waals surface area contributed by atoms with Gasteiger partial charge in [-0.3, -0.25) is 4.98 Å². The number of aryl methyl sites for hydroxylation is 2. The zero-order chi connectivity index (χ0) is 12.0. The van der Waals surface area contributed by atoms with Crippen molar-refractivity contribution in [2.45, 2.75) is 57.2 Å². The lowest BCUT2D eigenvalue weighted by atomic mass is 9.82. The normalized spacial score (nSPS) is 36.2. The summed E-state index contributed by atoms with van der Waals surface area (Å²) in [7, 11) is 0. The van der Waals surface area contributed by atoms with Gasteiger partial charge in [0.15, 0.2) is 0 Å². The fourth-order valence-electron chi connectivity index (χ4n) is 3.52. The van der Waals surface area contributed by atoms with Crippen LogP contribution < -0.4 is 5.32 Å². The molecule has 3 rings (SSSR count). The zero-order valence-corrected chi connectivity index (χ0v) is 10.5. The molecule has 2 aliphatic rings. The van der Waals surface area contributed by atoms with Gasteiger partial charge in [-0.15, -0.1) is 0 Å². The summed E-state index contributed by atoms with van der Waals surface area (Å²) in [6, 6.07) is 3.06. The molecule has 92 valence electrons. The van der Waals surface area contributed by atoms with Crippen molar-refractivity contribution in [2.24, 2.45) is 0 Å². The van der Waals surface area contributed by atoms with Crippen LogP contribution in [0.4, 0.5) is 0 Å². The van der Waals surface area contributed by atoms with Gasteiger partial charge < -0.3 is 10.4 Å². The van der Waals surface area contributed by atoms with E-state index in [1.54, 1.807) is 0 Å². The predicted octanol–water partition coefficient (Wildman–Crippen LogP) is 1.80. The molecular weight excluding hydrogens is 212 g/mol. The van der Waals surface area contributed by atoms with Gasteiger partial charge in [0.25, 0.3) is 0 Å². The average Bonchev–Trinajstić information content (AvgIpc) is 2.58. The Morgan fingerprint density at radius 1 is 1.29 bits per heavy atom. The predicted molar refractivity (Wildman–Crippen MR) is 66.8 cm³/mol. The Balaban J connectivity index is 1.97. The Labute approximate surface area is 102 Å². The molecule has 3 heterocycles. The van der Waals surface area contributed by atoms with Crippen molar-refractivity contribution in [2.75, 3.05) is 0 Å². The molecular formula is C14H20N2O. The van der Waals surface area contributed by atoms with Crippen molar-refractivity contribution in [3.05, 3.63) is 29.1 Å². The first-order chi connectivity index (χ1) is 8.07. The largest absolute Gasteiger partial charge is 0.383 e. The maximum atomic E-state index is 10.9. The quantitative estimate of drug-likeness (QED) is 0.776. The summed E-state index contributed by atoms with van der Waals surface area (Å²) in [5, 5.41) is 14.5. The first-order valence-electron chi connectivity index (χ1n) is 6.49. The molecule has 0 amide bonds. The lowest BCUT2D eigenvalue weighted by Gasteiger charge is -2.37. The maximum absolute atomic E-state index is 10.9. The van der Waals surface area contributed by atoms with Crippen LogP contribution in [0.15, 0.2) is 12.3 Å². The Hall–Kier alpha value is -0.930. The lowest BCUT2D eigenvalue weighted by Crippen LogP contribution is -2.47. The number of piperidine rings is 1. The summed E-state index contributed by atoms with van der Waals surface area (Å²) in [6.45, 7) is 4.09. The minimum atomic E-state index is -0.713. The summed E-state index contributed by atoms with van der Waals surface area (Å²) in [5.74, 6) is 0. The van der Waals surface area contributed by atoms with Crippen molar-refractivity contribution in [1.82, 2.24) is 10.3 Å². The van der Waals surface area contributed by atoms with Crippen molar-refractivity contribution in [3.63, 3.8) is 0 Å². The van der Waals surface area contributed by atoms with Crippen LogP contribution in [-0.4, -0.2) is 22.2 Å². The Kier molecular flexibility index (Phi) is 2.49. The summed E-state index contributed by atoms with van der Waals surface area (Å²) in [4.78, 5) is 4.49. The highest BCUT2D eigenvalue weighted by molar-refractivity contribution is 5.29. The second-order valence-electron chi connectivity index (χ2n) is 5.76. The van der Waals surface area contributed by atoms with E-state index in [2.05, 4.69) is 23.3 Å². The van der Waals surface area contributed by atoms with Gasteiger partial charge in [-0.2, -0.15) is 0 Å². The van der Waals surface area contributed by atoms with Gasteiger partial charge in [-0.25, -0.2) is 0 Å². The van der Waals surface area contributed by atoms with E-state index in [-0.39, 0.29) is 0 Å². The van der Waals surface area contributed by atoms with Crippen LogP contribution in [0.5, 0.6) is 0 Å².